The van der Waals surface area contributed by atoms with Crippen molar-refractivity contribution in [2.45, 2.75) is 52.2 Å². The molecule has 0 aliphatic carbocycles. The summed E-state index contributed by atoms with van der Waals surface area (Å²) in [5.41, 5.74) is 0.946. The molecular formula is C15H23BrN2O. The third-order valence-corrected chi connectivity index (χ3v) is 3.49. The molecule has 0 radical (unpaired) electrons. The highest BCUT2D eigenvalue weighted by atomic mass is 79.9. The van der Waals surface area contributed by atoms with Crippen molar-refractivity contribution in [1.82, 2.24) is 10.6 Å². The standard InChI is InChI=1S/C15H23BrN2O/c1-10(12-8-6-7-9-13(12)16)17-11(2)14(19)18-15(3,4)5/h6-11,17H,1-5H3,(H,18,19). The Hall–Kier alpha value is -0.870. The largest absolute Gasteiger partial charge is 0.350 e. The van der Waals surface area contributed by atoms with E-state index in [4.69, 9.17) is 0 Å². The molecule has 19 heavy (non-hydrogen) atoms. The van der Waals surface area contributed by atoms with Crippen molar-refractivity contribution in [3.63, 3.8) is 0 Å². The Labute approximate surface area is 124 Å². The Morgan fingerprint density at radius 2 is 1.79 bits per heavy atom. The first-order valence-corrected chi connectivity index (χ1v) is 7.32. The highest BCUT2D eigenvalue weighted by molar-refractivity contribution is 9.10. The normalized spacial score (nSPS) is 14.8. The SMILES string of the molecule is CC(NC(C)c1ccccc1Br)C(=O)NC(C)(C)C. The Morgan fingerprint density at radius 1 is 1.21 bits per heavy atom. The zero-order valence-corrected chi connectivity index (χ0v) is 13.8. The topological polar surface area (TPSA) is 41.1 Å². The molecule has 4 heteroatoms. The molecule has 1 aromatic rings. The molecule has 2 unspecified atom stereocenters. The van der Waals surface area contributed by atoms with Crippen LogP contribution < -0.4 is 10.6 Å². The van der Waals surface area contributed by atoms with Gasteiger partial charge in [0.25, 0.3) is 0 Å². The first kappa shape index (κ1) is 16.2. The highest BCUT2D eigenvalue weighted by Gasteiger charge is 2.21. The second kappa shape index (κ2) is 6.53. The number of nitrogens with one attached hydrogen (secondary N) is 2. The monoisotopic (exact) mass is 326 g/mol. The zero-order chi connectivity index (χ0) is 14.6. The van der Waals surface area contributed by atoms with Gasteiger partial charge in [0.1, 0.15) is 0 Å². The van der Waals surface area contributed by atoms with Crippen LogP contribution in [0.3, 0.4) is 0 Å². The average molecular weight is 327 g/mol. The average Bonchev–Trinajstić information content (AvgIpc) is 2.27. The molecule has 2 N–H and O–H groups in total. The molecule has 0 fully saturated rings. The molecule has 0 aliphatic rings. The number of halogens is 1. The van der Waals surface area contributed by atoms with Gasteiger partial charge in [-0.2, -0.15) is 0 Å². The predicted octanol–water partition coefficient (Wildman–Crippen LogP) is 3.40. The molecule has 0 saturated heterocycles. The molecule has 0 heterocycles. The van der Waals surface area contributed by atoms with Gasteiger partial charge >= 0.3 is 0 Å². The molecule has 1 rings (SSSR count). The maximum absolute atomic E-state index is 12.0. The fraction of sp³-hybridized carbons (Fsp3) is 0.533. The number of hydrogen-bond donors (Lipinski definition) is 2. The maximum atomic E-state index is 12.0. The number of benzene rings is 1. The van der Waals surface area contributed by atoms with Crippen LogP contribution in [0.5, 0.6) is 0 Å². The summed E-state index contributed by atoms with van der Waals surface area (Å²) in [7, 11) is 0. The summed E-state index contributed by atoms with van der Waals surface area (Å²) in [5, 5.41) is 6.29. The van der Waals surface area contributed by atoms with Crippen LogP contribution in [-0.4, -0.2) is 17.5 Å². The first-order chi connectivity index (χ1) is 8.70. The molecular weight excluding hydrogens is 304 g/mol. The van der Waals surface area contributed by atoms with Crippen LogP contribution in [0.1, 0.15) is 46.2 Å². The van der Waals surface area contributed by atoms with Gasteiger partial charge in [-0.15, -0.1) is 0 Å². The maximum Gasteiger partial charge on any atom is 0.237 e. The highest BCUT2D eigenvalue weighted by Crippen LogP contribution is 2.23. The van der Waals surface area contributed by atoms with E-state index in [0.29, 0.717) is 0 Å². The first-order valence-electron chi connectivity index (χ1n) is 6.53. The zero-order valence-electron chi connectivity index (χ0n) is 12.3. The van der Waals surface area contributed by atoms with Gasteiger partial charge < -0.3 is 5.32 Å². The van der Waals surface area contributed by atoms with Gasteiger partial charge in [0.05, 0.1) is 6.04 Å². The summed E-state index contributed by atoms with van der Waals surface area (Å²) < 4.78 is 1.05. The smallest absolute Gasteiger partial charge is 0.237 e. The lowest BCUT2D eigenvalue weighted by Gasteiger charge is -2.26. The number of amides is 1. The minimum absolute atomic E-state index is 0.0198. The molecule has 0 bridgehead atoms. The Kier molecular flexibility index (Phi) is 5.56. The molecule has 2 atom stereocenters. The molecule has 3 nitrogen and oxygen atoms in total. The number of carbonyl (C=O) groups excluding carboxylic acids is 1. The van der Waals surface area contributed by atoms with E-state index in [1.54, 1.807) is 0 Å². The molecule has 106 valence electrons. The minimum atomic E-state index is -0.235. The fourth-order valence-electron chi connectivity index (χ4n) is 1.84. The lowest BCUT2D eigenvalue weighted by Crippen LogP contribution is -2.50. The van der Waals surface area contributed by atoms with E-state index in [0.717, 1.165) is 10.0 Å². The summed E-state index contributed by atoms with van der Waals surface area (Å²) in [6.07, 6.45) is 0. The number of hydrogen-bond acceptors (Lipinski definition) is 2. The Balaban J connectivity index is 2.64. The third kappa shape index (κ3) is 5.33. The van der Waals surface area contributed by atoms with Crippen molar-refractivity contribution in [3.8, 4) is 0 Å². The van der Waals surface area contributed by atoms with Crippen molar-refractivity contribution in [2.75, 3.05) is 0 Å². The minimum Gasteiger partial charge on any atom is -0.350 e. The van der Waals surface area contributed by atoms with Crippen molar-refractivity contribution in [1.29, 1.82) is 0 Å². The van der Waals surface area contributed by atoms with E-state index in [-0.39, 0.29) is 23.5 Å². The van der Waals surface area contributed by atoms with Crippen LogP contribution >= 0.6 is 15.9 Å². The van der Waals surface area contributed by atoms with Gasteiger partial charge in [0.15, 0.2) is 0 Å². The molecule has 0 aliphatic heterocycles. The van der Waals surface area contributed by atoms with E-state index >= 15 is 0 Å². The van der Waals surface area contributed by atoms with Crippen LogP contribution in [0, 0.1) is 0 Å². The quantitative estimate of drug-likeness (QED) is 0.890. The molecule has 0 aromatic heterocycles. The van der Waals surface area contributed by atoms with Crippen LogP contribution in [-0.2, 0) is 4.79 Å². The van der Waals surface area contributed by atoms with Crippen molar-refractivity contribution >= 4 is 21.8 Å². The van der Waals surface area contributed by atoms with Gasteiger partial charge in [0.2, 0.25) is 5.91 Å². The lowest BCUT2D eigenvalue weighted by molar-refractivity contribution is -0.124. The summed E-state index contributed by atoms with van der Waals surface area (Å²) in [4.78, 5) is 12.0. The van der Waals surface area contributed by atoms with Crippen LogP contribution in [0.4, 0.5) is 0 Å². The van der Waals surface area contributed by atoms with Gasteiger partial charge in [-0.3, -0.25) is 10.1 Å². The molecule has 0 spiro atoms. The van der Waals surface area contributed by atoms with Crippen LogP contribution in [0.15, 0.2) is 28.7 Å². The van der Waals surface area contributed by atoms with E-state index in [1.165, 1.54) is 0 Å². The molecule has 1 amide bonds. The number of rotatable bonds is 4. The summed E-state index contributed by atoms with van der Waals surface area (Å²) in [6, 6.07) is 7.91. The second-order valence-corrected chi connectivity index (χ2v) is 6.73. The van der Waals surface area contributed by atoms with E-state index < -0.39 is 0 Å². The van der Waals surface area contributed by atoms with Gasteiger partial charge in [-0.25, -0.2) is 0 Å². The van der Waals surface area contributed by atoms with Crippen molar-refractivity contribution in [3.05, 3.63) is 34.3 Å². The third-order valence-electron chi connectivity index (χ3n) is 2.76. The summed E-state index contributed by atoms with van der Waals surface area (Å²) in [5.74, 6) is 0.0198. The van der Waals surface area contributed by atoms with Crippen LogP contribution in [0.25, 0.3) is 0 Å². The van der Waals surface area contributed by atoms with Crippen LogP contribution in [0.2, 0.25) is 0 Å². The lowest BCUT2D eigenvalue weighted by atomic mass is 10.1. The van der Waals surface area contributed by atoms with Crippen molar-refractivity contribution in [2.24, 2.45) is 0 Å². The van der Waals surface area contributed by atoms with Crippen molar-refractivity contribution < 1.29 is 4.79 Å². The fourth-order valence-corrected chi connectivity index (χ4v) is 2.47. The number of carbonyl (C=O) groups is 1. The van der Waals surface area contributed by atoms with Gasteiger partial charge in [-0.1, -0.05) is 34.1 Å². The summed E-state index contributed by atoms with van der Waals surface area (Å²) >= 11 is 3.53. The van der Waals surface area contributed by atoms with E-state index in [1.807, 2.05) is 45.9 Å². The van der Waals surface area contributed by atoms with E-state index in [2.05, 4.69) is 39.6 Å². The van der Waals surface area contributed by atoms with Gasteiger partial charge in [-0.05, 0) is 46.2 Å². The Morgan fingerprint density at radius 3 is 2.32 bits per heavy atom. The van der Waals surface area contributed by atoms with E-state index in [9.17, 15) is 4.79 Å². The Bertz CT molecular complexity index is 440. The van der Waals surface area contributed by atoms with Gasteiger partial charge in [0, 0.05) is 16.1 Å². The second-order valence-electron chi connectivity index (χ2n) is 5.87. The summed E-state index contributed by atoms with van der Waals surface area (Å²) in [6.45, 7) is 9.88. The molecule has 0 saturated carbocycles. The molecule has 1 aromatic carbocycles. The predicted molar refractivity (Wildman–Crippen MR) is 83.1 cm³/mol.